The molecule has 2 aromatic rings. The van der Waals surface area contributed by atoms with Crippen LogP contribution in [0.4, 0.5) is 0 Å². The average molecular weight is 296 g/mol. The zero-order valence-corrected chi connectivity index (χ0v) is 11.6. The molecular formula is C12H12N2O5S. The van der Waals surface area contributed by atoms with Gasteiger partial charge in [0.15, 0.2) is 9.84 Å². The zero-order valence-electron chi connectivity index (χ0n) is 10.8. The zero-order chi connectivity index (χ0) is 14.9. The molecule has 0 aliphatic rings. The Balaban J connectivity index is 2.44. The summed E-state index contributed by atoms with van der Waals surface area (Å²) < 4.78 is 29.6. The highest BCUT2D eigenvalue weighted by atomic mass is 32.2. The van der Waals surface area contributed by atoms with E-state index in [1.54, 1.807) is 6.92 Å². The van der Waals surface area contributed by atoms with Gasteiger partial charge in [-0.15, -0.1) is 10.2 Å². The van der Waals surface area contributed by atoms with Crippen molar-refractivity contribution in [3.63, 3.8) is 0 Å². The van der Waals surface area contributed by atoms with Crippen LogP contribution in [0, 0.1) is 13.8 Å². The largest absolute Gasteiger partial charge is 0.478 e. The van der Waals surface area contributed by atoms with E-state index in [2.05, 4.69) is 10.2 Å². The van der Waals surface area contributed by atoms with Crippen molar-refractivity contribution in [2.75, 3.05) is 0 Å². The normalized spacial score (nSPS) is 11.5. The minimum Gasteiger partial charge on any atom is -0.478 e. The van der Waals surface area contributed by atoms with Gasteiger partial charge in [0, 0.05) is 6.92 Å². The fraction of sp³-hybridized carbons (Fsp3) is 0.250. The van der Waals surface area contributed by atoms with Crippen LogP contribution in [-0.2, 0) is 15.6 Å². The Labute approximate surface area is 115 Å². The number of hydrogen-bond donors (Lipinski definition) is 1. The number of aryl methyl sites for hydroxylation is 1. The van der Waals surface area contributed by atoms with E-state index in [0.717, 1.165) is 0 Å². The molecule has 0 amide bonds. The Morgan fingerprint density at radius 2 is 2.00 bits per heavy atom. The molecule has 1 N–H and O–H groups in total. The molecule has 106 valence electrons. The van der Waals surface area contributed by atoms with E-state index in [4.69, 9.17) is 9.52 Å². The third-order valence-corrected chi connectivity index (χ3v) is 4.47. The molecule has 0 unspecified atom stereocenters. The second-order valence-corrected chi connectivity index (χ2v) is 6.17. The molecule has 8 heteroatoms. The number of aromatic carboxylic acids is 1. The van der Waals surface area contributed by atoms with Crippen LogP contribution >= 0.6 is 0 Å². The molecule has 0 atom stereocenters. The van der Waals surface area contributed by atoms with E-state index < -0.39 is 21.6 Å². The minimum absolute atomic E-state index is 0.0253. The Morgan fingerprint density at radius 1 is 1.30 bits per heavy atom. The van der Waals surface area contributed by atoms with Gasteiger partial charge in [0.1, 0.15) is 5.75 Å². The molecule has 0 fully saturated rings. The monoisotopic (exact) mass is 296 g/mol. The number of nitrogens with zero attached hydrogens (tertiary/aromatic N) is 2. The van der Waals surface area contributed by atoms with Crippen LogP contribution in [-0.4, -0.2) is 29.7 Å². The van der Waals surface area contributed by atoms with Gasteiger partial charge < -0.3 is 9.52 Å². The first-order valence-electron chi connectivity index (χ1n) is 5.66. The van der Waals surface area contributed by atoms with Gasteiger partial charge in [0.25, 0.3) is 0 Å². The molecular weight excluding hydrogens is 284 g/mol. The molecule has 0 radical (unpaired) electrons. The summed E-state index contributed by atoms with van der Waals surface area (Å²) in [4.78, 5) is 11.0. The predicted molar refractivity (Wildman–Crippen MR) is 68.1 cm³/mol. The lowest BCUT2D eigenvalue weighted by Crippen LogP contribution is -2.10. The summed E-state index contributed by atoms with van der Waals surface area (Å²) in [5.41, 5.74) is 0.143. The average Bonchev–Trinajstić information content (AvgIpc) is 2.73. The topological polar surface area (TPSA) is 110 Å². The maximum atomic E-state index is 12.3. The van der Waals surface area contributed by atoms with Gasteiger partial charge in [-0.2, -0.15) is 0 Å². The predicted octanol–water partition coefficient (Wildman–Crippen LogP) is 1.36. The number of aromatic nitrogens is 2. The molecule has 0 saturated carbocycles. The molecule has 0 aliphatic carbocycles. The van der Waals surface area contributed by atoms with Gasteiger partial charge in [0.05, 0.1) is 10.5 Å². The van der Waals surface area contributed by atoms with Crippen molar-refractivity contribution in [1.82, 2.24) is 10.2 Å². The lowest BCUT2D eigenvalue weighted by Gasteiger charge is -2.08. The number of rotatable bonds is 4. The standard InChI is InChI=1S/C12H12N2O5S/c1-7-9(12(15)16)4-3-5-10(7)20(17,18)6-11-14-13-8(2)19-11/h3-5H,6H2,1-2H3,(H,15,16). The van der Waals surface area contributed by atoms with E-state index >= 15 is 0 Å². The number of carboxylic acid groups (broad SMARTS) is 1. The lowest BCUT2D eigenvalue weighted by atomic mass is 10.1. The van der Waals surface area contributed by atoms with Crippen molar-refractivity contribution in [3.05, 3.63) is 41.1 Å². The summed E-state index contributed by atoms with van der Waals surface area (Å²) in [5.74, 6) is -1.39. The van der Waals surface area contributed by atoms with Gasteiger partial charge in [0.2, 0.25) is 11.8 Å². The van der Waals surface area contributed by atoms with Crippen molar-refractivity contribution in [2.24, 2.45) is 0 Å². The second kappa shape index (κ2) is 5.04. The van der Waals surface area contributed by atoms with Crippen molar-refractivity contribution in [2.45, 2.75) is 24.5 Å². The first kappa shape index (κ1) is 14.2. The van der Waals surface area contributed by atoms with Crippen LogP contribution in [0.1, 0.15) is 27.7 Å². The Morgan fingerprint density at radius 3 is 2.55 bits per heavy atom. The van der Waals surface area contributed by atoms with E-state index in [9.17, 15) is 13.2 Å². The minimum atomic E-state index is -3.75. The summed E-state index contributed by atoms with van der Waals surface area (Å²) in [6, 6.07) is 4.11. The van der Waals surface area contributed by atoms with Crippen molar-refractivity contribution >= 4 is 15.8 Å². The van der Waals surface area contributed by atoms with E-state index in [-0.39, 0.29) is 27.8 Å². The lowest BCUT2D eigenvalue weighted by molar-refractivity contribution is 0.0696. The van der Waals surface area contributed by atoms with Gasteiger partial charge in [-0.1, -0.05) is 6.07 Å². The highest BCUT2D eigenvalue weighted by Gasteiger charge is 2.23. The fourth-order valence-corrected chi connectivity index (χ4v) is 3.28. The Bertz CT molecular complexity index is 764. The highest BCUT2D eigenvalue weighted by molar-refractivity contribution is 7.90. The maximum Gasteiger partial charge on any atom is 0.335 e. The van der Waals surface area contributed by atoms with E-state index in [1.807, 2.05) is 0 Å². The summed E-state index contributed by atoms with van der Waals surface area (Å²) in [6.45, 7) is 3.01. The summed E-state index contributed by atoms with van der Waals surface area (Å²) in [6.07, 6.45) is 0. The van der Waals surface area contributed by atoms with Crippen molar-refractivity contribution < 1.29 is 22.7 Å². The molecule has 2 rings (SSSR count). The quantitative estimate of drug-likeness (QED) is 0.906. The number of hydrogen-bond acceptors (Lipinski definition) is 6. The van der Waals surface area contributed by atoms with Crippen molar-refractivity contribution in [3.8, 4) is 0 Å². The summed E-state index contributed by atoms with van der Waals surface area (Å²) in [7, 11) is -3.75. The van der Waals surface area contributed by atoms with Gasteiger partial charge in [-0.05, 0) is 24.6 Å². The first-order valence-corrected chi connectivity index (χ1v) is 7.31. The summed E-state index contributed by atoms with van der Waals surface area (Å²) >= 11 is 0. The molecule has 0 bridgehead atoms. The molecule has 7 nitrogen and oxygen atoms in total. The van der Waals surface area contributed by atoms with Crippen LogP contribution in [0.2, 0.25) is 0 Å². The Kier molecular flexibility index (Phi) is 3.58. The summed E-state index contributed by atoms with van der Waals surface area (Å²) in [5, 5.41) is 16.2. The maximum absolute atomic E-state index is 12.3. The third kappa shape index (κ3) is 2.69. The van der Waals surface area contributed by atoms with Gasteiger partial charge >= 0.3 is 5.97 Å². The fourth-order valence-electron chi connectivity index (χ4n) is 1.82. The molecule has 0 saturated heterocycles. The number of carboxylic acids is 1. The molecule has 1 aromatic heterocycles. The van der Waals surface area contributed by atoms with Crippen LogP contribution < -0.4 is 0 Å². The van der Waals surface area contributed by atoms with Crippen molar-refractivity contribution in [1.29, 1.82) is 0 Å². The van der Waals surface area contributed by atoms with Crippen LogP contribution in [0.5, 0.6) is 0 Å². The molecule has 1 aromatic carbocycles. The van der Waals surface area contributed by atoms with Gasteiger partial charge in [-0.3, -0.25) is 0 Å². The second-order valence-electron chi connectivity index (χ2n) is 4.21. The molecule has 0 spiro atoms. The van der Waals surface area contributed by atoms with Crippen LogP contribution in [0.25, 0.3) is 0 Å². The Hall–Kier alpha value is -2.22. The van der Waals surface area contributed by atoms with Gasteiger partial charge in [-0.25, -0.2) is 13.2 Å². The first-order chi connectivity index (χ1) is 9.31. The van der Waals surface area contributed by atoms with E-state index in [1.165, 1.54) is 25.1 Å². The number of carbonyl (C=O) groups is 1. The molecule has 20 heavy (non-hydrogen) atoms. The molecule has 0 aliphatic heterocycles. The smallest absolute Gasteiger partial charge is 0.335 e. The van der Waals surface area contributed by atoms with Crippen LogP contribution in [0.3, 0.4) is 0 Å². The van der Waals surface area contributed by atoms with E-state index in [0.29, 0.717) is 0 Å². The number of sulfone groups is 1. The SMILES string of the molecule is Cc1nnc(CS(=O)(=O)c2cccc(C(=O)O)c2C)o1. The molecule has 1 heterocycles. The number of benzene rings is 1. The van der Waals surface area contributed by atoms with Crippen LogP contribution in [0.15, 0.2) is 27.5 Å². The third-order valence-electron chi connectivity index (χ3n) is 2.73. The highest BCUT2D eigenvalue weighted by Crippen LogP contribution is 2.22.